The van der Waals surface area contributed by atoms with Crippen molar-refractivity contribution >= 4 is 8.80 Å². The van der Waals surface area contributed by atoms with E-state index < -0.39 is 8.80 Å². The highest BCUT2D eigenvalue weighted by Gasteiger charge is 2.40. The highest BCUT2D eigenvalue weighted by molar-refractivity contribution is 6.60. The first-order chi connectivity index (χ1) is 17.2. The van der Waals surface area contributed by atoms with Gasteiger partial charge in [-0.25, -0.2) is 0 Å². The Morgan fingerprint density at radius 1 is 0.514 bits per heavy atom. The van der Waals surface area contributed by atoms with Crippen LogP contribution >= 0.6 is 0 Å². The summed E-state index contributed by atoms with van der Waals surface area (Å²) in [7, 11) is 1.94. The fourth-order valence-corrected chi connectivity index (χ4v) is 5.28. The lowest BCUT2D eigenvalue weighted by Gasteiger charge is -2.30. The van der Waals surface area contributed by atoms with Gasteiger partial charge >= 0.3 is 8.80 Å². The minimum atomic E-state index is -2.99. The Kier molecular flexibility index (Phi) is 28.1. The molecule has 0 heterocycles. The van der Waals surface area contributed by atoms with Gasteiger partial charge in [0.05, 0.1) is 79.3 Å². The zero-order chi connectivity index (χ0) is 25.7. The first-order valence-electron chi connectivity index (χ1n) is 12.5. The summed E-state index contributed by atoms with van der Waals surface area (Å²) in [6.45, 7) is 9.62. The van der Waals surface area contributed by atoms with E-state index in [0.29, 0.717) is 91.9 Å². The van der Waals surface area contributed by atoms with Gasteiger partial charge in [0.15, 0.2) is 0 Å². The summed E-state index contributed by atoms with van der Waals surface area (Å²) in [4.78, 5) is 0. The van der Waals surface area contributed by atoms with E-state index in [4.69, 9.17) is 47.4 Å². The largest absolute Gasteiger partial charge is 0.501 e. The number of hydrogen-bond acceptors (Lipinski definition) is 12. The molecule has 212 valence electrons. The molecule has 0 aliphatic heterocycles. The summed E-state index contributed by atoms with van der Waals surface area (Å²) >= 11 is 0. The van der Waals surface area contributed by atoms with Crippen LogP contribution in [-0.2, 0) is 41.7 Å². The zero-order valence-electron chi connectivity index (χ0n) is 22.2. The van der Waals surface area contributed by atoms with Crippen LogP contribution in [0.15, 0.2) is 0 Å². The molecule has 0 saturated heterocycles. The molecule has 0 bridgehead atoms. The van der Waals surface area contributed by atoms with Crippen molar-refractivity contribution in [3.63, 3.8) is 0 Å². The van der Waals surface area contributed by atoms with Crippen molar-refractivity contribution in [1.29, 1.82) is 0 Å². The number of rotatable bonds is 30. The van der Waals surface area contributed by atoms with E-state index in [0.717, 1.165) is 32.6 Å². The second-order valence-electron chi connectivity index (χ2n) is 7.44. The molecule has 0 unspecified atom stereocenters. The number of nitrogens with two attached hydrogens (primary N) is 1. The molecule has 0 aliphatic rings. The van der Waals surface area contributed by atoms with Gasteiger partial charge in [0, 0.05) is 53.6 Å². The third-order valence-electron chi connectivity index (χ3n) is 4.58. The number of methoxy groups -OCH3 is 3. The fraction of sp³-hybridized carbons (Fsp3) is 1.00. The number of nitrogens with one attached hydrogen (secondary N) is 2. The van der Waals surface area contributed by atoms with E-state index in [2.05, 4.69) is 10.6 Å². The third kappa shape index (κ3) is 23.9. The Labute approximate surface area is 213 Å². The molecule has 0 rings (SSSR count). The fourth-order valence-electron chi connectivity index (χ4n) is 2.80. The van der Waals surface area contributed by atoms with E-state index in [-0.39, 0.29) is 0 Å². The zero-order valence-corrected chi connectivity index (χ0v) is 23.2. The van der Waals surface area contributed by atoms with Crippen molar-refractivity contribution in [1.82, 2.24) is 10.6 Å². The van der Waals surface area contributed by atoms with E-state index in [1.807, 2.05) is 0 Å². The molecular weight excluding hydrogens is 478 g/mol. The first-order valence-corrected chi connectivity index (χ1v) is 14.4. The molecule has 0 saturated carbocycles. The molecule has 0 aromatic carbocycles. The molecule has 0 aliphatic carbocycles. The van der Waals surface area contributed by atoms with Gasteiger partial charge in [0.1, 0.15) is 0 Å². The van der Waals surface area contributed by atoms with E-state index in [9.17, 15) is 0 Å². The van der Waals surface area contributed by atoms with Crippen molar-refractivity contribution in [3.8, 4) is 0 Å². The average molecular weight is 530 g/mol. The standard InChI is InChI=1S/C22H51N3O9Si/c1-26-10-13-29-16-19-32-35(33-20-17-30-14-11-27-2,34-21-18-31-15-12-28-3)22-4-6-24-8-9-25-7-5-23/h24-25H,4-23H2,1-3H3. The van der Waals surface area contributed by atoms with Crippen LogP contribution in [0.4, 0.5) is 0 Å². The van der Waals surface area contributed by atoms with Gasteiger partial charge in [-0.1, -0.05) is 0 Å². The highest BCUT2D eigenvalue weighted by atomic mass is 28.4. The Hall–Kier alpha value is -0.263. The highest BCUT2D eigenvalue weighted by Crippen LogP contribution is 2.18. The van der Waals surface area contributed by atoms with E-state index in [1.165, 1.54) is 0 Å². The van der Waals surface area contributed by atoms with Crippen LogP contribution < -0.4 is 16.4 Å². The van der Waals surface area contributed by atoms with Crippen molar-refractivity contribution in [2.75, 3.05) is 133 Å². The van der Waals surface area contributed by atoms with Crippen LogP contribution in [0.25, 0.3) is 0 Å². The molecule has 13 heteroatoms. The van der Waals surface area contributed by atoms with Gasteiger partial charge in [-0.2, -0.15) is 0 Å². The summed E-state index contributed by atoms with van der Waals surface area (Å²) in [5, 5.41) is 6.69. The molecule has 0 atom stereocenters. The summed E-state index contributed by atoms with van der Waals surface area (Å²) in [5.74, 6) is 0. The van der Waals surface area contributed by atoms with Gasteiger partial charge in [0.2, 0.25) is 0 Å². The molecule has 35 heavy (non-hydrogen) atoms. The molecular formula is C22H51N3O9Si. The Balaban J connectivity index is 4.74. The van der Waals surface area contributed by atoms with Crippen LogP contribution in [0.2, 0.25) is 6.04 Å². The van der Waals surface area contributed by atoms with E-state index in [1.54, 1.807) is 21.3 Å². The predicted octanol–water partition coefficient (Wildman–Crippen LogP) is -0.508. The normalized spacial score (nSPS) is 12.0. The summed E-state index contributed by atoms with van der Waals surface area (Å²) in [6, 6.07) is 0.671. The van der Waals surface area contributed by atoms with Crippen LogP contribution in [0, 0.1) is 0 Å². The summed E-state index contributed by atoms with van der Waals surface area (Å²) < 4.78 is 50.4. The van der Waals surface area contributed by atoms with Gasteiger partial charge < -0.3 is 58.1 Å². The van der Waals surface area contributed by atoms with Gasteiger partial charge in [-0.15, -0.1) is 0 Å². The molecule has 12 nitrogen and oxygen atoms in total. The van der Waals surface area contributed by atoms with Gasteiger partial charge in [-0.05, 0) is 13.0 Å². The van der Waals surface area contributed by atoms with Crippen LogP contribution in [-0.4, -0.2) is 142 Å². The van der Waals surface area contributed by atoms with Crippen molar-refractivity contribution in [2.45, 2.75) is 12.5 Å². The minimum absolute atomic E-state index is 0.376. The van der Waals surface area contributed by atoms with Gasteiger partial charge in [-0.3, -0.25) is 0 Å². The maximum Gasteiger partial charge on any atom is 0.501 e. The summed E-state index contributed by atoms with van der Waals surface area (Å²) in [6.07, 6.45) is 0.850. The maximum atomic E-state index is 6.24. The van der Waals surface area contributed by atoms with Gasteiger partial charge in [0.25, 0.3) is 0 Å². The molecule has 0 spiro atoms. The lowest BCUT2D eigenvalue weighted by molar-refractivity contribution is -0.0112. The van der Waals surface area contributed by atoms with Crippen LogP contribution in [0.5, 0.6) is 0 Å². The third-order valence-corrected chi connectivity index (χ3v) is 7.48. The Bertz CT molecular complexity index is 378. The lowest BCUT2D eigenvalue weighted by atomic mass is 10.4. The second kappa shape index (κ2) is 28.3. The topological polar surface area (TPSA) is 133 Å². The SMILES string of the molecule is COCCOCCO[Si](CCCNCCNCCN)(OCCOCCOC)OCCOCCOC. The summed E-state index contributed by atoms with van der Waals surface area (Å²) in [5.41, 5.74) is 5.50. The lowest BCUT2D eigenvalue weighted by Crippen LogP contribution is -2.48. The van der Waals surface area contributed by atoms with Crippen molar-refractivity contribution < 1.29 is 41.7 Å². The Morgan fingerprint density at radius 3 is 1.31 bits per heavy atom. The number of hydrogen-bond donors (Lipinski definition) is 3. The van der Waals surface area contributed by atoms with E-state index >= 15 is 0 Å². The minimum Gasteiger partial charge on any atom is -0.382 e. The monoisotopic (exact) mass is 529 g/mol. The van der Waals surface area contributed by atoms with Crippen LogP contribution in [0.3, 0.4) is 0 Å². The molecule has 0 amide bonds. The molecule has 0 fully saturated rings. The maximum absolute atomic E-state index is 6.24. The average Bonchev–Trinajstić information content (AvgIpc) is 2.87. The molecule has 0 aromatic heterocycles. The quantitative estimate of drug-likeness (QED) is 0.0818. The second-order valence-corrected chi connectivity index (χ2v) is 10.2. The number of ether oxygens (including phenoxy) is 6. The smallest absolute Gasteiger partial charge is 0.382 e. The van der Waals surface area contributed by atoms with Crippen LogP contribution in [0.1, 0.15) is 6.42 Å². The molecule has 0 aromatic rings. The molecule has 4 N–H and O–H groups in total. The van der Waals surface area contributed by atoms with Crippen molar-refractivity contribution in [3.05, 3.63) is 0 Å². The Morgan fingerprint density at radius 2 is 0.914 bits per heavy atom. The first kappa shape index (κ1) is 34.7. The predicted molar refractivity (Wildman–Crippen MR) is 136 cm³/mol. The molecule has 0 radical (unpaired) electrons. The van der Waals surface area contributed by atoms with Crippen molar-refractivity contribution in [2.24, 2.45) is 5.73 Å².